The Kier molecular flexibility index (Phi) is 3.64. The fourth-order valence-electron chi connectivity index (χ4n) is 1.74. The first-order valence-electron chi connectivity index (χ1n) is 4.68. The molecule has 1 aliphatic rings. The maximum Gasteiger partial charge on any atom is 0.0496 e. The molecule has 0 aromatic heterocycles. The number of allylic oxidation sites excluding steroid dienone is 1. The Morgan fingerprint density at radius 3 is 2.82 bits per heavy atom. The third kappa shape index (κ3) is 2.33. The highest BCUT2D eigenvalue weighted by molar-refractivity contribution is 5.09. The fraction of sp³-hybridized carbons (Fsp3) is 0.800. The zero-order valence-electron chi connectivity index (χ0n) is 7.34. The van der Waals surface area contributed by atoms with Gasteiger partial charge in [-0.05, 0) is 32.1 Å². The molecule has 1 nitrogen and oxygen atoms in total. The summed E-state index contributed by atoms with van der Waals surface area (Å²) in [5, 5.41) is 9.04. The highest BCUT2D eigenvalue weighted by Gasteiger charge is 2.12. The van der Waals surface area contributed by atoms with E-state index in [4.69, 9.17) is 5.11 Å². The molecule has 0 saturated carbocycles. The van der Waals surface area contributed by atoms with Gasteiger partial charge in [0.15, 0.2) is 0 Å². The van der Waals surface area contributed by atoms with E-state index in [0.717, 1.165) is 6.42 Å². The number of aliphatic hydroxyl groups is 1. The average molecular weight is 154 g/mol. The summed E-state index contributed by atoms with van der Waals surface area (Å²) in [4.78, 5) is 0. The predicted octanol–water partition coefficient (Wildman–Crippen LogP) is 2.51. The molecule has 1 N–H and O–H groups in total. The molecule has 1 aliphatic carbocycles. The molecule has 1 atom stereocenters. The summed E-state index contributed by atoms with van der Waals surface area (Å²) in [5.74, 6) is 0.454. The molecule has 0 aliphatic heterocycles. The Morgan fingerprint density at radius 2 is 2.36 bits per heavy atom. The van der Waals surface area contributed by atoms with E-state index in [-0.39, 0.29) is 0 Å². The molecule has 0 bridgehead atoms. The van der Waals surface area contributed by atoms with Gasteiger partial charge in [0, 0.05) is 12.5 Å². The van der Waals surface area contributed by atoms with Crippen LogP contribution in [-0.2, 0) is 0 Å². The van der Waals surface area contributed by atoms with Crippen molar-refractivity contribution in [2.24, 2.45) is 5.92 Å². The summed E-state index contributed by atoms with van der Waals surface area (Å²) in [5.41, 5.74) is 1.50. The lowest BCUT2D eigenvalue weighted by atomic mass is 9.88. The summed E-state index contributed by atoms with van der Waals surface area (Å²) in [6.07, 6.45) is 8.52. The normalized spacial score (nSPS) is 21.1. The van der Waals surface area contributed by atoms with E-state index < -0.39 is 0 Å². The Labute approximate surface area is 69.1 Å². The zero-order valence-corrected chi connectivity index (χ0v) is 7.34. The Bertz CT molecular complexity index is 134. The van der Waals surface area contributed by atoms with Crippen LogP contribution in [0.15, 0.2) is 11.6 Å². The second-order valence-corrected chi connectivity index (χ2v) is 3.31. The van der Waals surface area contributed by atoms with Crippen molar-refractivity contribution in [1.82, 2.24) is 0 Å². The van der Waals surface area contributed by atoms with Crippen LogP contribution in [-0.4, -0.2) is 11.7 Å². The number of aliphatic hydroxyl groups excluding tert-OH is 1. The minimum Gasteiger partial charge on any atom is -0.396 e. The van der Waals surface area contributed by atoms with Gasteiger partial charge in [0.25, 0.3) is 0 Å². The third-order valence-corrected chi connectivity index (χ3v) is 2.56. The lowest BCUT2D eigenvalue weighted by molar-refractivity contribution is 0.239. The standard InChI is InChI=1S/C10H18O/c1-2-9(8-11)10-6-4-3-5-7-10/h6,9,11H,2-5,7-8H2,1H3/t9-/m0/s1. The van der Waals surface area contributed by atoms with Crippen LogP contribution in [0.3, 0.4) is 0 Å². The summed E-state index contributed by atoms with van der Waals surface area (Å²) in [6, 6.07) is 0. The molecule has 1 heteroatoms. The molecule has 0 aromatic rings. The van der Waals surface area contributed by atoms with Crippen LogP contribution in [0.1, 0.15) is 39.0 Å². The zero-order chi connectivity index (χ0) is 8.10. The van der Waals surface area contributed by atoms with Crippen molar-refractivity contribution in [3.05, 3.63) is 11.6 Å². The molecule has 11 heavy (non-hydrogen) atoms. The van der Waals surface area contributed by atoms with Crippen molar-refractivity contribution in [3.63, 3.8) is 0 Å². The van der Waals surface area contributed by atoms with E-state index in [2.05, 4.69) is 13.0 Å². The van der Waals surface area contributed by atoms with Gasteiger partial charge in [0.1, 0.15) is 0 Å². The van der Waals surface area contributed by atoms with Crippen LogP contribution >= 0.6 is 0 Å². The third-order valence-electron chi connectivity index (χ3n) is 2.56. The van der Waals surface area contributed by atoms with Crippen molar-refractivity contribution < 1.29 is 5.11 Å². The van der Waals surface area contributed by atoms with Crippen LogP contribution in [0, 0.1) is 5.92 Å². The molecule has 0 amide bonds. The van der Waals surface area contributed by atoms with E-state index >= 15 is 0 Å². The summed E-state index contributed by atoms with van der Waals surface area (Å²) in [7, 11) is 0. The van der Waals surface area contributed by atoms with Crippen molar-refractivity contribution in [1.29, 1.82) is 0 Å². The van der Waals surface area contributed by atoms with Crippen molar-refractivity contribution >= 4 is 0 Å². The fourth-order valence-corrected chi connectivity index (χ4v) is 1.74. The predicted molar refractivity (Wildman–Crippen MR) is 47.4 cm³/mol. The minimum absolute atomic E-state index is 0.336. The van der Waals surface area contributed by atoms with Crippen LogP contribution in [0.4, 0.5) is 0 Å². The second-order valence-electron chi connectivity index (χ2n) is 3.31. The first-order valence-corrected chi connectivity index (χ1v) is 4.68. The molecular weight excluding hydrogens is 136 g/mol. The lowest BCUT2D eigenvalue weighted by Crippen LogP contribution is -2.10. The number of rotatable bonds is 3. The molecule has 0 unspecified atom stereocenters. The van der Waals surface area contributed by atoms with Crippen LogP contribution in [0.25, 0.3) is 0 Å². The molecule has 0 spiro atoms. The van der Waals surface area contributed by atoms with Crippen molar-refractivity contribution in [2.75, 3.05) is 6.61 Å². The van der Waals surface area contributed by atoms with Gasteiger partial charge in [-0.3, -0.25) is 0 Å². The van der Waals surface area contributed by atoms with E-state index in [1.54, 1.807) is 0 Å². The monoisotopic (exact) mass is 154 g/mol. The van der Waals surface area contributed by atoms with Gasteiger partial charge in [0.05, 0.1) is 0 Å². The van der Waals surface area contributed by atoms with Gasteiger partial charge >= 0.3 is 0 Å². The molecule has 0 saturated heterocycles. The number of hydrogen-bond acceptors (Lipinski definition) is 1. The largest absolute Gasteiger partial charge is 0.396 e. The summed E-state index contributed by atoms with van der Waals surface area (Å²) >= 11 is 0. The van der Waals surface area contributed by atoms with Crippen molar-refractivity contribution in [3.8, 4) is 0 Å². The van der Waals surface area contributed by atoms with E-state index in [0.29, 0.717) is 12.5 Å². The van der Waals surface area contributed by atoms with Gasteiger partial charge < -0.3 is 5.11 Å². The van der Waals surface area contributed by atoms with Gasteiger partial charge in [-0.25, -0.2) is 0 Å². The van der Waals surface area contributed by atoms with Gasteiger partial charge in [-0.2, -0.15) is 0 Å². The lowest BCUT2D eigenvalue weighted by Gasteiger charge is -2.19. The maximum absolute atomic E-state index is 9.04. The molecule has 1 rings (SSSR count). The topological polar surface area (TPSA) is 20.2 Å². The summed E-state index contributed by atoms with van der Waals surface area (Å²) < 4.78 is 0. The molecule has 0 fully saturated rings. The minimum atomic E-state index is 0.336. The Hall–Kier alpha value is -0.300. The maximum atomic E-state index is 9.04. The molecule has 64 valence electrons. The van der Waals surface area contributed by atoms with Crippen molar-refractivity contribution in [2.45, 2.75) is 39.0 Å². The average Bonchev–Trinajstić information content (AvgIpc) is 2.09. The highest BCUT2D eigenvalue weighted by Crippen LogP contribution is 2.25. The van der Waals surface area contributed by atoms with Gasteiger partial charge in [-0.15, -0.1) is 0 Å². The van der Waals surface area contributed by atoms with Crippen LogP contribution < -0.4 is 0 Å². The van der Waals surface area contributed by atoms with E-state index in [9.17, 15) is 0 Å². The quantitative estimate of drug-likeness (QED) is 0.619. The van der Waals surface area contributed by atoms with Crippen LogP contribution in [0.2, 0.25) is 0 Å². The molecular formula is C10H18O. The molecule has 0 heterocycles. The first kappa shape index (κ1) is 8.79. The smallest absolute Gasteiger partial charge is 0.0496 e. The van der Waals surface area contributed by atoms with Gasteiger partial charge in [-0.1, -0.05) is 18.6 Å². The first-order chi connectivity index (χ1) is 5.38. The van der Waals surface area contributed by atoms with Gasteiger partial charge in [0.2, 0.25) is 0 Å². The van der Waals surface area contributed by atoms with Crippen LogP contribution in [0.5, 0.6) is 0 Å². The summed E-state index contributed by atoms with van der Waals surface area (Å²) in [6.45, 7) is 2.48. The SMILES string of the molecule is CC[C@@H](CO)C1=CCCCC1. The molecule has 0 radical (unpaired) electrons. The van der Waals surface area contributed by atoms with E-state index in [1.165, 1.54) is 31.3 Å². The van der Waals surface area contributed by atoms with E-state index in [1.807, 2.05) is 0 Å². The Balaban J connectivity index is 2.48. The molecule has 0 aromatic carbocycles. The Morgan fingerprint density at radius 1 is 1.55 bits per heavy atom. The number of hydrogen-bond donors (Lipinski definition) is 1. The second kappa shape index (κ2) is 4.55. The highest BCUT2D eigenvalue weighted by atomic mass is 16.3.